The van der Waals surface area contributed by atoms with Crippen LogP contribution in [0.1, 0.15) is 65.1 Å². The average molecular weight is 734 g/mol. The van der Waals surface area contributed by atoms with E-state index in [-0.39, 0.29) is 41.2 Å². The lowest BCUT2D eigenvalue weighted by Gasteiger charge is -2.29. The van der Waals surface area contributed by atoms with Crippen LogP contribution in [0.2, 0.25) is 0 Å². The topological polar surface area (TPSA) is 134 Å². The summed E-state index contributed by atoms with van der Waals surface area (Å²) in [6.07, 6.45) is -5.49. The van der Waals surface area contributed by atoms with Gasteiger partial charge in [0.1, 0.15) is 6.61 Å². The molecule has 0 unspecified atom stereocenters. The van der Waals surface area contributed by atoms with E-state index in [1.165, 1.54) is 48.5 Å². The summed E-state index contributed by atoms with van der Waals surface area (Å²) < 4.78 is 60.8. The molecule has 4 aromatic carbocycles. The molecule has 10 nitrogen and oxygen atoms in total. The van der Waals surface area contributed by atoms with Gasteiger partial charge in [0.15, 0.2) is 0 Å². The first-order chi connectivity index (χ1) is 25.2. The molecular formula is C40H38F3NO9. The largest absolute Gasteiger partial charge is 0.465 e. The Hall–Kier alpha value is -5.98. The number of rotatable bonds is 14. The fourth-order valence-corrected chi connectivity index (χ4v) is 5.38. The third-order valence-electron chi connectivity index (χ3n) is 7.90. The Balaban J connectivity index is 1.61. The second-order valence-corrected chi connectivity index (χ2v) is 12.0. The number of benzene rings is 4. The zero-order valence-electron chi connectivity index (χ0n) is 29.5. The molecule has 0 aliphatic carbocycles. The van der Waals surface area contributed by atoms with Crippen LogP contribution >= 0.6 is 0 Å². The van der Waals surface area contributed by atoms with E-state index in [2.05, 4.69) is 5.32 Å². The van der Waals surface area contributed by atoms with E-state index in [0.29, 0.717) is 11.1 Å². The summed E-state index contributed by atoms with van der Waals surface area (Å²) in [5, 5.41) is 2.68. The van der Waals surface area contributed by atoms with E-state index in [9.17, 15) is 37.1 Å². The molecule has 0 aromatic heterocycles. The number of anilines is 1. The number of amides is 1. The second-order valence-electron chi connectivity index (χ2n) is 12.0. The van der Waals surface area contributed by atoms with Crippen LogP contribution < -0.4 is 5.32 Å². The Morgan fingerprint density at radius 1 is 0.698 bits per heavy atom. The zero-order chi connectivity index (χ0) is 38.8. The molecule has 0 atom stereocenters. The van der Waals surface area contributed by atoms with Gasteiger partial charge in [0.25, 0.3) is 5.91 Å². The quantitative estimate of drug-likeness (QED) is 0.0803. The monoisotopic (exact) mass is 733 g/mol. The highest BCUT2D eigenvalue weighted by molar-refractivity contribution is 6.11. The molecule has 1 amide bonds. The third kappa shape index (κ3) is 9.67. The van der Waals surface area contributed by atoms with Gasteiger partial charge in [-0.2, -0.15) is 13.2 Å². The summed E-state index contributed by atoms with van der Waals surface area (Å²) in [4.78, 5) is 66.7. The third-order valence-corrected chi connectivity index (χ3v) is 7.90. The van der Waals surface area contributed by atoms with Crippen LogP contribution in [0.15, 0.2) is 97.1 Å². The van der Waals surface area contributed by atoms with Crippen molar-refractivity contribution in [2.75, 3.05) is 25.1 Å². The Kier molecular flexibility index (Phi) is 13.1. The molecule has 0 fully saturated rings. The van der Waals surface area contributed by atoms with Crippen molar-refractivity contribution in [3.05, 3.63) is 125 Å². The normalized spacial score (nSPS) is 11.4. The molecule has 0 saturated heterocycles. The second kappa shape index (κ2) is 17.5. The fourth-order valence-electron chi connectivity index (χ4n) is 5.38. The first kappa shape index (κ1) is 39.8. The molecule has 0 saturated carbocycles. The molecule has 1 N–H and O–H groups in total. The number of hydrogen-bond acceptors (Lipinski definition) is 9. The highest BCUT2D eigenvalue weighted by Crippen LogP contribution is 2.33. The number of nitrogens with one attached hydrogen (secondary N) is 1. The lowest BCUT2D eigenvalue weighted by atomic mass is 9.81. The standard InChI is InChI=1S/C40H38F3NO9/c1-5-50-37(48)39(38(49)51-6-2,28-12-8-7-9-13-28)24-52-34(45)23-26-16-21-33(32(22-26)36(47)53-25(3)4)44-35(46)31-15-11-10-14-30(31)27-17-19-29(20-18-27)40(41,42)43/h7-22,25H,5-6,23-24H2,1-4H3,(H,44,46). The maximum Gasteiger partial charge on any atom is 0.416 e. The highest BCUT2D eigenvalue weighted by Gasteiger charge is 2.52. The van der Waals surface area contributed by atoms with Crippen molar-refractivity contribution < 1.29 is 56.1 Å². The summed E-state index contributed by atoms with van der Waals surface area (Å²) in [6.45, 7) is 5.54. The molecule has 4 aromatic rings. The Morgan fingerprint density at radius 2 is 1.30 bits per heavy atom. The zero-order valence-corrected chi connectivity index (χ0v) is 29.5. The smallest absolute Gasteiger partial charge is 0.416 e. The number of alkyl halides is 3. The predicted octanol–water partition coefficient (Wildman–Crippen LogP) is 7.34. The molecule has 13 heteroatoms. The fraction of sp³-hybridized carbons (Fsp3) is 0.275. The van der Waals surface area contributed by atoms with Crippen molar-refractivity contribution in [1.82, 2.24) is 0 Å². The summed E-state index contributed by atoms with van der Waals surface area (Å²) >= 11 is 0. The minimum Gasteiger partial charge on any atom is -0.465 e. The molecule has 0 radical (unpaired) electrons. The van der Waals surface area contributed by atoms with Crippen molar-refractivity contribution in [3.63, 3.8) is 0 Å². The number of carbonyl (C=O) groups is 5. The van der Waals surface area contributed by atoms with E-state index in [4.69, 9.17) is 18.9 Å². The van der Waals surface area contributed by atoms with Gasteiger partial charge in [0.2, 0.25) is 5.41 Å². The lowest BCUT2D eigenvalue weighted by Crippen LogP contribution is -2.50. The van der Waals surface area contributed by atoms with E-state index in [1.54, 1.807) is 64.1 Å². The molecule has 53 heavy (non-hydrogen) atoms. The van der Waals surface area contributed by atoms with Crippen LogP contribution in [0.4, 0.5) is 18.9 Å². The van der Waals surface area contributed by atoms with Gasteiger partial charge >= 0.3 is 30.1 Å². The first-order valence-corrected chi connectivity index (χ1v) is 16.7. The van der Waals surface area contributed by atoms with Crippen LogP contribution in [-0.4, -0.2) is 55.7 Å². The summed E-state index contributed by atoms with van der Waals surface area (Å²) in [6, 6.07) is 22.8. The maximum absolute atomic E-state index is 13.6. The first-order valence-electron chi connectivity index (χ1n) is 16.7. The van der Waals surface area contributed by atoms with Crippen LogP contribution in [-0.2, 0) is 51.3 Å². The summed E-state index contributed by atoms with van der Waals surface area (Å²) in [5.41, 5.74) is -1.72. The Morgan fingerprint density at radius 3 is 1.89 bits per heavy atom. The van der Waals surface area contributed by atoms with E-state index in [1.807, 2.05) is 0 Å². The van der Waals surface area contributed by atoms with Crippen molar-refractivity contribution in [1.29, 1.82) is 0 Å². The minimum absolute atomic E-state index is 0.0349. The highest BCUT2D eigenvalue weighted by atomic mass is 19.4. The van der Waals surface area contributed by atoms with Gasteiger partial charge in [0, 0.05) is 5.56 Å². The number of esters is 4. The van der Waals surface area contributed by atoms with Gasteiger partial charge in [-0.3, -0.25) is 19.2 Å². The van der Waals surface area contributed by atoms with Crippen LogP contribution in [0.5, 0.6) is 0 Å². The molecule has 0 bridgehead atoms. The van der Waals surface area contributed by atoms with Gasteiger partial charge in [-0.15, -0.1) is 0 Å². The number of ether oxygens (including phenoxy) is 4. The molecule has 0 spiro atoms. The van der Waals surface area contributed by atoms with Crippen molar-refractivity contribution >= 4 is 35.5 Å². The van der Waals surface area contributed by atoms with E-state index in [0.717, 1.165) is 12.1 Å². The summed E-state index contributed by atoms with van der Waals surface area (Å²) in [7, 11) is 0. The summed E-state index contributed by atoms with van der Waals surface area (Å²) in [5.74, 6) is -4.26. The SMILES string of the molecule is CCOC(=O)C(COC(=O)Cc1ccc(NC(=O)c2ccccc2-c2ccc(C(F)(F)F)cc2)c(C(=O)OC(C)C)c1)(C(=O)OCC)c1ccccc1. The molecule has 0 aliphatic heterocycles. The van der Waals surface area contributed by atoms with Crippen molar-refractivity contribution in [2.45, 2.75) is 51.8 Å². The number of carbonyl (C=O) groups excluding carboxylic acids is 5. The van der Waals surface area contributed by atoms with Crippen LogP contribution in [0, 0.1) is 0 Å². The van der Waals surface area contributed by atoms with Gasteiger partial charge in [-0.05, 0) is 80.3 Å². The Labute approximate surface area is 304 Å². The van der Waals surface area contributed by atoms with E-state index < -0.39 is 66.1 Å². The van der Waals surface area contributed by atoms with E-state index >= 15 is 0 Å². The Bertz CT molecular complexity index is 1920. The minimum atomic E-state index is -4.53. The van der Waals surface area contributed by atoms with Crippen molar-refractivity contribution in [2.24, 2.45) is 0 Å². The molecule has 0 heterocycles. The molecule has 0 aliphatic rings. The van der Waals surface area contributed by atoms with Gasteiger partial charge < -0.3 is 24.3 Å². The maximum atomic E-state index is 13.6. The van der Waals surface area contributed by atoms with Crippen molar-refractivity contribution in [3.8, 4) is 11.1 Å². The average Bonchev–Trinajstić information content (AvgIpc) is 3.12. The molecule has 278 valence electrons. The van der Waals surface area contributed by atoms with Gasteiger partial charge in [-0.25, -0.2) is 4.79 Å². The predicted molar refractivity (Wildman–Crippen MR) is 188 cm³/mol. The van der Waals surface area contributed by atoms with Gasteiger partial charge in [0.05, 0.1) is 42.6 Å². The number of halogens is 3. The lowest BCUT2D eigenvalue weighted by molar-refractivity contribution is -0.170. The molecular weight excluding hydrogens is 695 g/mol. The number of hydrogen-bond donors (Lipinski definition) is 1. The van der Waals surface area contributed by atoms with Crippen LogP contribution in [0.3, 0.4) is 0 Å². The molecule has 4 rings (SSSR count). The van der Waals surface area contributed by atoms with Crippen LogP contribution in [0.25, 0.3) is 11.1 Å². The van der Waals surface area contributed by atoms with Gasteiger partial charge in [-0.1, -0.05) is 66.7 Å².